The highest BCUT2D eigenvalue weighted by Crippen LogP contribution is 2.45. The van der Waals surface area contributed by atoms with Crippen LogP contribution in [0.1, 0.15) is 265 Å². The second kappa shape index (κ2) is 69.3. The number of carbonyl (C=O) groups is 3. The second-order valence-electron chi connectivity index (χ2n) is 23.6. The number of rotatable bonds is 67. The van der Waals surface area contributed by atoms with E-state index in [4.69, 9.17) is 32.3 Å². The molecular weight excluding hydrogens is 1240 g/mol. The van der Waals surface area contributed by atoms with Crippen molar-refractivity contribution in [1.29, 1.82) is 0 Å². The lowest BCUT2D eigenvalue weighted by Crippen LogP contribution is -2.30. The summed E-state index contributed by atoms with van der Waals surface area (Å²) in [6.45, 7) is 2.37. The third-order valence-corrected chi connectivity index (χ3v) is 16.5. The molecule has 0 spiro atoms. The van der Waals surface area contributed by atoms with Crippen molar-refractivity contribution in [2.24, 2.45) is 0 Å². The highest BCUT2D eigenvalue weighted by atomic mass is 31.2. The lowest BCUT2D eigenvalue weighted by atomic mass is 10.1. The van der Waals surface area contributed by atoms with Crippen LogP contribution < -0.4 is 0 Å². The van der Waals surface area contributed by atoms with E-state index < -0.39 is 91.5 Å². The average Bonchev–Trinajstić information content (AvgIpc) is 3.35. The molecule has 0 radical (unpaired) electrons. The number of hydrogen-bond donors (Lipinski definition) is 4. The Hall–Kier alpha value is -4.57. The monoisotopic (exact) mass is 1370 g/mol. The van der Waals surface area contributed by atoms with Gasteiger partial charge < -0.3 is 34.2 Å². The van der Waals surface area contributed by atoms with E-state index in [0.717, 1.165) is 167 Å². The molecular formula is C77H128O16P2. The molecule has 0 aliphatic carbocycles. The Morgan fingerprint density at radius 2 is 0.558 bits per heavy atom. The lowest BCUT2D eigenvalue weighted by molar-refractivity contribution is -0.161. The van der Waals surface area contributed by atoms with Crippen LogP contribution in [0.25, 0.3) is 0 Å². The van der Waals surface area contributed by atoms with Crippen LogP contribution in [0.15, 0.2) is 146 Å². The van der Waals surface area contributed by atoms with E-state index in [-0.39, 0.29) is 19.3 Å². The Morgan fingerprint density at radius 3 is 0.884 bits per heavy atom. The molecule has 0 rings (SSSR count). The molecule has 16 nitrogen and oxygen atoms in total. The summed E-state index contributed by atoms with van der Waals surface area (Å²) in [5.41, 5.74) is 0. The zero-order chi connectivity index (χ0) is 69.5. The molecule has 18 heteroatoms. The van der Waals surface area contributed by atoms with Crippen LogP contribution >= 0.6 is 15.6 Å². The second-order valence-corrected chi connectivity index (χ2v) is 26.5. The zero-order valence-electron chi connectivity index (χ0n) is 58.8. The molecule has 0 saturated carbocycles. The van der Waals surface area contributed by atoms with Crippen molar-refractivity contribution < 1.29 is 75.8 Å². The summed E-state index contributed by atoms with van der Waals surface area (Å²) in [6, 6.07) is 0. The molecule has 0 aromatic heterocycles. The van der Waals surface area contributed by atoms with Gasteiger partial charge in [0, 0.05) is 19.3 Å². The molecule has 0 bridgehead atoms. The van der Waals surface area contributed by atoms with Crippen molar-refractivity contribution in [2.45, 2.75) is 283 Å². The lowest BCUT2D eigenvalue weighted by Gasteiger charge is -2.21. The molecule has 95 heavy (non-hydrogen) atoms. The van der Waals surface area contributed by atoms with Gasteiger partial charge in [-0.25, -0.2) is 9.13 Å². The van der Waals surface area contributed by atoms with Gasteiger partial charge in [0.25, 0.3) is 0 Å². The van der Waals surface area contributed by atoms with Gasteiger partial charge >= 0.3 is 33.6 Å². The van der Waals surface area contributed by atoms with Crippen LogP contribution in [0, 0.1) is 0 Å². The molecule has 4 N–H and O–H groups in total. The maximum atomic E-state index is 12.9. The van der Waals surface area contributed by atoms with Crippen molar-refractivity contribution >= 4 is 33.6 Å². The van der Waals surface area contributed by atoms with Crippen molar-refractivity contribution in [1.82, 2.24) is 0 Å². The smallest absolute Gasteiger partial charge is 0.463 e. The molecule has 5 atom stereocenters. The molecule has 0 aromatic rings. The summed E-state index contributed by atoms with van der Waals surface area (Å²) in [5.74, 6) is -1.62. The van der Waals surface area contributed by atoms with Gasteiger partial charge in [0.05, 0.1) is 26.4 Å². The largest absolute Gasteiger partial charge is 0.472 e. The van der Waals surface area contributed by atoms with Gasteiger partial charge in [-0.2, -0.15) is 0 Å². The van der Waals surface area contributed by atoms with Crippen LogP contribution in [0.3, 0.4) is 0 Å². The molecule has 0 saturated heterocycles. The number of ether oxygens (including phenoxy) is 3. The Labute approximate surface area is 575 Å². The van der Waals surface area contributed by atoms with Gasteiger partial charge in [0.15, 0.2) is 6.10 Å². The van der Waals surface area contributed by atoms with Crippen molar-refractivity contribution in [3.63, 3.8) is 0 Å². The number of hydrogen-bond acceptors (Lipinski definition) is 14. The van der Waals surface area contributed by atoms with Crippen LogP contribution in [-0.4, -0.2) is 95.9 Å². The van der Waals surface area contributed by atoms with Crippen LogP contribution in [0.2, 0.25) is 0 Å². The van der Waals surface area contributed by atoms with Gasteiger partial charge in [-0.15, -0.1) is 0 Å². The van der Waals surface area contributed by atoms with E-state index >= 15 is 0 Å². The summed E-state index contributed by atoms with van der Waals surface area (Å²) >= 11 is 0. The minimum Gasteiger partial charge on any atom is -0.463 e. The minimum absolute atomic E-state index is 0.0964. The number of unbranched alkanes of at least 4 members (excludes halogenated alkanes) is 20. The molecule has 0 amide bonds. The molecule has 0 aromatic carbocycles. The molecule has 0 aliphatic rings. The first-order chi connectivity index (χ1) is 46.2. The number of phosphoric acid groups is 2. The van der Waals surface area contributed by atoms with Gasteiger partial charge in [0.1, 0.15) is 25.4 Å². The Morgan fingerprint density at radius 1 is 0.305 bits per heavy atom. The predicted octanol–water partition coefficient (Wildman–Crippen LogP) is 20.5. The summed E-state index contributed by atoms with van der Waals surface area (Å²) in [4.78, 5) is 58.4. The van der Waals surface area contributed by atoms with Gasteiger partial charge in [-0.3, -0.25) is 32.5 Å². The molecule has 542 valence electrons. The SMILES string of the molecule is CC/C=C\C/C=C\C/C=C\C/C=C\C/C=C\C/C=C\CCCCCCCCC(=O)OCC(O)COP(=O)(O)OCC(O)COP(=O)(O)OCC(COC(=O)CCCCCC/C=C\C/C=C\C/C=C\C/C=C\C/C=C\C/C=C\CC)OC(=O)CCCCCCCCCCCCC. The van der Waals surface area contributed by atoms with Gasteiger partial charge in [-0.05, 0) is 122 Å². The van der Waals surface area contributed by atoms with Crippen LogP contribution in [0.4, 0.5) is 0 Å². The van der Waals surface area contributed by atoms with Crippen LogP contribution in [0.5, 0.6) is 0 Å². The van der Waals surface area contributed by atoms with Gasteiger partial charge in [0.2, 0.25) is 0 Å². The number of carbonyl (C=O) groups excluding carboxylic acids is 3. The Bertz CT molecular complexity index is 2310. The third kappa shape index (κ3) is 70.6. The van der Waals surface area contributed by atoms with E-state index in [1.807, 2.05) is 0 Å². The minimum atomic E-state index is -4.93. The number of aliphatic hydroxyl groups is 2. The zero-order valence-corrected chi connectivity index (χ0v) is 60.6. The highest BCUT2D eigenvalue weighted by Gasteiger charge is 2.29. The van der Waals surface area contributed by atoms with Crippen molar-refractivity contribution in [3.8, 4) is 0 Å². The fourth-order valence-electron chi connectivity index (χ4n) is 9.11. The number of aliphatic hydroxyl groups excluding tert-OH is 2. The quantitative estimate of drug-likeness (QED) is 0.0146. The maximum absolute atomic E-state index is 12.9. The van der Waals surface area contributed by atoms with E-state index in [1.165, 1.54) is 38.5 Å². The van der Waals surface area contributed by atoms with Crippen LogP contribution in [-0.2, 0) is 55.8 Å². The predicted molar refractivity (Wildman–Crippen MR) is 389 cm³/mol. The van der Waals surface area contributed by atoms with Crippen molar-refractivity contribution in [2.75, 3.05) is 39.6 Å². The van der Waals surface area contributed by atoms with Gasteiger partial charge in [-0.1, -0.05) is 269 Å². The fourth-order valence-corrected chi connectivity index (χ4v) is 10.7. The van der Waals surface area contributed by atoms with E-state index in [0.29, 0.717) is 19.3 Å². The summed E-state index contributed by atoms with van der Waals surface area (Å²) in [6.07, 6.45) is 83.3. The first kappa shape index (κ1) is 90.4. The fraction of sp³-hybridized carbons (Fsp3) is 0.649. The van der Waals surface area contributed by atoms with Crippen molar-refractivity contribution in [3.05, 3.63) is 146 Å². The Balaban J connectivity index is 4.59. The molecule has 0 fully saturated rings. The Kier molecular flexibility index (Phi) is 66.0. The molecule has 5 unspecified atom stereocenters. The summed E-state index contributed by atoms with van der Waals surface area (Å²) in [7, 11) is -9.79. The normalized spacial score (nSPS) is 15.0. The summed E-state index contributed by atoms with van der Waals surface area (Å²) in [5, 5.41) is 20.6. The average molecular weight is 1370 g/mol. The van der Waals surface area contributed by atoms with E-state index in [1.54, 1.807) is 0 Å². The number of allylic oxidation sites excluding steroid dienone is 24. The summed E-state index contributed by atoms with van der Waals surface area (Å²) < 4.78 is 60.9. The topological polar surface area (TPSA) is 231 Å². The molecule has 0 heterocycles. The maximum Gasteiger partial charge on any atom is 0.472 e. The van der Waals surface area contributed by atoms with E-state index in [9.17, 15) is 43.5 Å². The molecule has 0 aliphatic heterocycles. The standard InChI is InChI=1S/C77H128O16P2/c1-4-7-10-13-16-19-22-24-26-28-30-32-34-35-37-39-40-42-44-46-49-51-54-57-60-63-75(80)87-66-72(78)67-89-94(83,84)90-68-73(79)69-91-95(85,86)92-71-74(93-77(82)65-62-59-56-53-48-21-18-15-12-9-6-3)70-88-76(81)64-61-58-55-52-50-47-45-43-41-38-36-33-31-29-27-25-23-20-17-14-11-8-5-2/h7-8,10-11,16-17,19-20,24-27,30-33,35,37-38,40-42,45,47,72-74,78-79H,4-6,9,12-15,18,21-23,28-29,34,36,39,43-44,46,48-71H2,1-3H3,(H,83,84)(H,85,86)/b10-7-,11-8-,19-16-,20-17-,26-24-,27-25-,32-30-,33-31-,37-35-,41-38-,42-40-,47-45-. The number of esters is 3. The van der Waals surface area contributed by atoms with E-state index in [2.05, 4.69) is 167 Å². The first-order valence-electron chi connectivity index (χ1n) is 36.1. The third-order valence-electron chi connectivity index (χ3n) is 14.6. The number of phosphoric ester groups is 2. The highest BCUT2D eigenvalue weighted by molar-refractivity contribution is 7.47. The first-order valence-corrected chi connectivity index (χ1v) is 39.1.